The second-order valence-corrected chi connectivity index (χ2v) is 4.68. The number of methoxy groups -OCH3 is 1. The summed E-state index contributed by atoms with van der Waals surface area (Å²) in [4.78, 5) is 10.8. The van der Waals surface area contributed by atoms with E-state index in [0.29, 0.717) is 12.8 Å². The number of ether oxygens (including phenoxy) is 1. The minimum atomic E-state index is -1.04. The molecule has 98 valence electrons. The molecule has 18 heavy (non-hydrogen) atoms. The second kappa shape index (κ2) is 4.65. The largest absolute Gasteiger partial charge is 0.481 e. The van der Waals surface area contributed by atoms with Gasteiger partial charge in [0, 0.05) is 23.7 Å². The quantitative estimate of drug-likeness (QED) is 0.880. The van der Waals surface area contributed by atoms with E-state index in [-0.39, 0.29) is 24.2 Å². The van der Waals surface area contributed by atoms with Crippen molar-refractivity contribution in [3.63, 3.8) is 0 Å². The molecule has 0 unspecified atom stereocenters. The van der Waals surface area contributed by atoms with E-state index in [1.807, 2.05) is 0 Å². The van der Waals surface area contributed by atoms with Gasteiger partial charge in [-0.15, -0.1) is 0 Å². The maximum atomic E-state index is 14.2. The van der Waals surface area contributed by atoms with Crippen molar-refractivity contribution < 1.29 is 23.4 Å². The number of carboxylic acid groups (broad SMARTS) is 1. The van der Waals surface area contributed by atoms with Gasteiger partial charge in [0.25, 0.3) is 0 Å². The summed E-state index contributed by atoms with van der Waals surface area (Å²) in [6, 6.07) is 2.50. The molecule has 1 aliphatic carbocycles. The maximum Gasteiger partial charge on any atom is 0.304 e. The van der Waals surface area contributed by atoms with Crippen LogP contribution in [-0.4, -0.2) is 18.2 Å². The molecule has 1 aromatic rings. The van der Waals surface area contributed by atoms with Gasteiger partial charge >= 0.3 is 5.97 Å². The molecule has 0 saturated heterocycles. The van der Waals surface area contributed by atoms with E-state index in [1.165, 1.54) is 19.2 Å². The van der Waals surface area contributed by atoms with Crippen LogP contribution < -0.4 is 0 Å². The Morgan fingerprint density at radius 2 is 2.11 bits per heavy atom. The van der Waals surface area contributed by atoms with Crippen LogP contribution in [0.3, 0.4) is 0 Å². The zero-order valence-electron chi connectivity index (χ0n) is 10.0. The summed E-state index contributed by atoms with van der Waals surface area (Å²) >= 11 is 0. The van der Waals surface area contributed by atoms with Crippen molar-refractivity contribution >= 4 is 5.97 Å². The Balaban J connectivity index is 2.43. The van der Waals surface area contributed by atoms with Gasteiger partial charge in [-0.05, 0) is 18.9 Å². The van der Waals surface area contributed by atoms with Gasteiger partial charge in [-0.3, -0.25) is 4.79 Å². The molecular weight excluding hydrogens is 242 g/mol. The monoisotopic (exact) mass is 256 g/mol. The highest BCUT2D eigenvalue weighted by Crippen LogP contribution is 2.53. The first-order valence-electron chi connectivity index (χ1n) is 5.68. The predicted molar refractivity (Wildman–Crippen MR) is 60.2 cm³/mol. The predicted octanol–water partition coefficient (Wildman–Crippen LogP) is 2.62. The summed E-state index contributed by atoms with van der Waals surface area (Å²) in [7, 11) is 1.42. The van der Waals surface area contributed by atoms with E-state index in [9.17, 15) is 13.6 Å². The zero-order valence-corrected chi connectivity index (χ0v) is 10.0. The van der Waals surface area contributed by atoms with Crippen molar-refractivity contribution in [2.75, 3.05) is 7.11 Å². The van der Waals surface area contributed by atoms with Gasteiger partial charge in [0.05, 0.1) is 13.0 Å². The molecule has 0 amide bonds. The van der Waals surface area contributed by atoms with Gasteiger partial charge in [0.1, 0.15) is 11.6 Å². The highest BCUT2D eigenvalue weighted by molar-refractivity contribution is 5.70. The van der Waals surface area contributed by atoms with Gasteiger partial charge in [-0.25, -0.2) is 8.78 Å². The lowest BCUT2D eigenvalue weighted by Crippen LogP contribution is -2.18. The molecule has 0 spiro atoms. The molecule has 2 rings (SSSR count). The lowest BCUT2D eigenvalue weighted by atomic mass is 9.90. The van der Waals surface area contributed by atoms with Gasteiger partial charge in [-0.1, -0.05) is 6.07 Å². The third-order valence-electron chi connectivity index (χ3n) is 3.34. The van der Waals surface area contributed by atoms with Gasteiger partial charge in [0.15, 0.2) is 0 Å². The summed E-state index contributed by atoms with van der Waals surface area (Å²) < 4.78 is 32.8. The Morgan fingerprint density at radius 3 is 2.61 bits per heavy atom. The molecule has 1 N–H and O–H groups in total. The Kier molecular flexibility index (Phi) is 3.34. The average Bonchev–Trinajstić information content (AvgIpc) is 3.02. The number of aliphatic carboxylic acids is 1. The summed E-state index contributed by atoms with van der Waals surface area (Å²) in [5, 5.41) is 8.84. The molecule has 3 nitrogen and oxygen atoms in total. The fourth-order valence-corrected chi connectivity index (χ4v) is 2.30. The second-order valence-electron chi connectivity index (χ2n) is 4.68. The zero-order chi connectivity index (χ0) is 13.3. The number of halogens is 2. The standard InChI is InChI=1S/C13H14F2O3/c1-18-7-8-2-3-9(14)11(12(8)15)13(4-5-13)6-10(16)17/h2-3H,4-7H2,1H3,(H,16,17). The molecule has 0 aromatic heterocycles. The third-order valence-corrected chi connectivity index (χ3v) is 3.34. The molecule has 1 aliphatic rings. The highest BCUT2D eigenvalue weighted by Gasteiger charge is 2.49. The molecule has 1 aromatic carbocycles. The number of benzene rings is 1. The van der Waals surface area contributed by atoms with Crippen molar-refractivity contribution in [1.82, 2.24) is 0 Å². The Labute approximate surface area is 103 Å². The molecule has 5 heteroatoms. The SMILES string of the molecule is COCc1ccc(F)c(C2(CC(=O)O)CC2)c1F. The van der Waals surface area contributed by atoms with Crippen LogP contribution >= 0.6 is 0 Å². The van der Waals surface area contributed by atoms with Gasteiger partial charge in [-0.2, -0.15) is 0 Å². The number of rotatable bonds is 5. The van der Waals surface area contributed by atoms with Crippen LogP contribution in [0.15, 0.2) is 12.1 Å². The molecular formula is C13H14F2O3. The van der Waals surface area contributed by atoms with Crippen molar-refractivity contribution in [2.45, 2.75) is 31.3 Å². The van der Waals surface area contributed by atoms with E-state index >= 15 is 0 Å². The van der Waals surface area contributed by atoms with Crippen LogP contribution in [0.2, 0.25) is 0 Å². The van der Waals surface area contributed by atoms with Crippen LogP contribution in [0.5, 0.6) is 0 Å². The van der Waals surface area contributed by atoms with E-state index in [2.05, 4.69) is 0 Å². The maximum absolute atomic E-state index is 14.2. The van der Waals surface area contributed by atoms with E-state index in [4.69, 9.17) is 9.84 Å². The molecule has 0 aliphatic heterocycles. The van der Waals surface area contributed by atoms with Crippen LogP contribution in [0.4, 0.5) is 8.78 Å². The minimum Gasteiger partial charge on any atom is -0.481 e. The number of carboxylic acids is 1. The minimum absolute atomic E-state index is 0.0439. The van der Waals surface area contributed by atoms with Crippen LogP contribution in [0, 0.1) is 11.6 Å². The van der Waals surface area contributed by atoms with E-state index in [1.54, 1.807) is 0 Å². The summed E-state index contributed by atoms with van der Waals surface area (Å²) in [6.45, 7) is 0.0439. The van der Waals surface area contributed by atoms with Gasteiger partial charge < -0.3 is 9.84 Å². The Morgan fingerprint density at radius 1 is 1.44 bits per heavy atom. The van der Waals surface area contributed by atoms with Crippen LogP contribution in [0.25, 0.3) is 0 Å². The van der Waals surface area contributed by atoms with Crippen molar-refractivity contribution in [1.29, 1.82) is 0 Å². The van der Waals surface area contributed by atoms with Crippen molar-refractivity contribution in [2.24, 2.45) is 0 Å². The lowest BCUT2D eigenvalue weighted by Gasteiger charge is -2.17. The molecule has 0 bridgehead atoms. The van der Waals surface area contributed by atoms with Crippen LogP contribution in [-0.2, 0) is 21.6 Å². The number of hydrogen-bond donors (Lipinski definition) is 1. The number of carbonyl (C=O) groups is 1. The summed E-state index contributed by atoms with van der Waals surface area (Å²) in [5.74, 6) is -2.38. The van der Waals surface area contributed by atoms with E-state index in [0.717, 1.165) is 0 Å². The first-order chi connectivity index (χ1) is 8.50. The molecule has 0 atom stereocenters. The normalized spacial score (nSPS) is 16.6. The molecule has 0 heterocycles. The van der Waals surface area contributed by atoms with Crippen LogP contribution in [0.1, 0.15) is 30.4 Å². The smallest absolute Gasteiger partial charge is 0.304 e. The van der Waals surface area contributed by atoms with Crippen molar-refractivity contribution in [3.8, 4) is 0 Å². The summed E-state index contributed by atoms with van der Waals surface area (Å²) in [5.41, 5.74) is -0.714. The average molecular weight is 256 g/mol. The summed E-state index contributed by atoms with van der Waals surface area (Å²) in [6.07, 6.45) is 0.768. The molecule has 1 saturated carbocycles. The Bertz CT molecular complexity index is 481. The van der Waals surface area contributed by atoms with Crippen molar-refractivity contribution in [3.05, 3.63) is 34.9 Å². The fraction of sp³-hybridized carbons (Fsp3) is 0.462. The fourth-order valence-electron chi connectivity index (χ4n) is 2.30. The number of hydrogen-bond acceptors (Lipinski definition) is 2. The lowest BCUT2D eigenvalue weighted by molar-refractivity contribution is -0.137. The van der Waals surface area contributed by atoms with E-state index < -0.39 is 23.0 Å². The first-order valence-corrected chi connectivity index (χ1v) is 5.68. The highest BCUT2D eigenvalue weighted by atomic mass is 19.1. The van der Waals surface area contributed by atoms with Gasteiger partial charge in [0.2, 0.25) is 0 Å². The molecule has 1 fully saturated rings. The first kappa shape index (κ1) is 13.0. The Hall–Kier alpha value is -1.49. The topological polar surface area (TPSA) is 46.5 Å². The molecule has 0 radical (unpaired) electrons. The third kappa shape index (κ3) is 2.22.